The molecule has 1 heterocycles. The Labute approximate surface area is 149 Å². The number of hydrogen-bond acceptors (Lipinski definition) is 4. The van der Waals surface area contributed by atoms with Gasteiger partial charge in [0.15, 0.2) is 0 Å². The Morgan fingerprint density at radius 2 is 1.72 bits per heavy atom. The van der Waals surface area contributed by atoms with E-state index in [1.807, 2.05) is 18.2 Å². The lowest BCUT2D eigenvalue weighted by molar-refractivity contribution is 0.256. The van der Waals surface area contributed by atoms with Crippen LogP contribution in [-0.2, 0) is 0 Å². The molecule has 0 saturated carbocycles. The molecule has 25 heavy (non-hydrogen) atoms. The molecular formula is C20H26FN3O. The third-order valence-electron chi connectivity index (χ3n) is 4.64. The van der Waals surface area contributed by atoms with E-state index in [1.165, 1.54) is 11.8 Å². The van der Waals surface area contributed by atoms with Gasteiger partial charge in [-0.05, 0) is 37.2 Å². The van der Waals surface area contributed by atoms with E-state index in [0.29, 0.717) is 5.69 Å². The summed E-state index contributed by atoms with van der Waals surface area (Å²) in [6.07, 6.45) is 1.00. The van der Waals surface area contributed by atoms with E-state index in [-0.39, 0.29) is 5.82 Å². The quantitative estimate of drug-likeness (QED) is 0.779. The van der Waals surface area contributed by atoms with Crippen LogP contribution in [0.3, 0.4) is 0 Å². The molecule has 0 atom stereocenters. The van der Waals surface area contributed by atoms with Gasteiger partial charge in [-0.1, -0.05) is 24.3 Å². The topological polar surface area (TPSA) is 27.7 Å². The summed E-state index contributed by atoms with van der Waals surface area (Å²) in [5.41, 5.74) is 1.76. The van der Waals surface area contributed by atoms with Crippen molar-refractivity contribution in [3.05, 3.63) is 54.3 Å². The van der Waals surface area contributed by atoms with Gasteiger partial charge in [-0.2, -0.15) is 0 Å². The first-order chi connectivity index (χ1) is 12.3. The van der Waals surface area contributed by atoms with Crippen molar-refractivity contribution in [2.24, 2.45) is 0 Å². The van der Waals surface area contributed by atoms with E-state index in [9.17, 15) is 4.39 Å². The highest BCUT2D eigenvalue weighted by Gasteiger charge is 2.18. The average molecular weight is 343 g/mol. The fourth-order valence-corrected chi connectivity index (χ4v) is 3.23. The number of benzene rings is 2. The zero-order valence-electron chi connectivity index (χ0n) is 14.7. The minimum absolute atomic E-state index is 0.187. The van der Waals surface area contributed by atoms with Crippen molar-refractivity contribution in [3.63, 3.8) is 0 Å². The molecule has 2 aromatic carbocycles. The number of methoxy groups -OCH3 is 1. The van der Waals surface area contributed by atoms with Crippen LogP contribution in [0.15, 0.2) is 48.5 Å². The van der Waals surface area contributed by atoms with E-state index in [2.05, 4.69) is 27.2 Å². The smallest absolute Gasteiger partial charge is 0.146 e. The SMILES string of the molecule is COc1ccccc1N1CCN(CCCNc2ccccc2F)CC1. The van der Waals surface area contributed by atoms with Crippen LogP contribution < -0.4 is 15.0 Å². The number of ether oxygens (including phenoxy) is 1. The fourth-order valence-electron chi connectivity index (χ4n) is 3.23. The normalized spacial score (nSPS) is 15.2. The summed E-state index contributed by atoms with van der Waals surface area (Å²) in [5, 5.41) is 3.17. The second kappa shape index (κ2) is 8.72. The first kappa shape index (κ1) is 17.5. The summed E-state index contributed by atoms with van der Waals surface area (Å²) in [5.74, 6) is 0.748. The van der Waals surface area contributed by atoms with Gasteiger partial charge >= 0.3 is 0 Å². The molecule has 1 N–H and O–H groups in total. The lowest BCUT2D eigenvalue weighted by atomic mass is 10.2. The van der Waals surface area contributed by atoms with Crippen LogP contribution in [0, 0.1) is 5.82 Å². The lowest BCUT2D eigenvalue weighted by Crippen LogP contribution is -2.46. The van der Waals surface area contributed by atoms with Crippen LogP contribution >= 0.6 is 0 Å². The Balaban J connectivity index is 1.40. The van der Waals surface area contributed by atoms with Crippen molar-refractivity contribution in [1.82, 2.24) is 4.90 Å². The molecule has 0 radical (unpaired) electrons. The van der Waals surface area contributed by atoms with E-state index in [1.54, 1.807) is 19.2 Å². The Bertz CT molecular complexity index is 671. The van der Waals surface area contributed by atoms with Crippen molar-refractivity contribution < 1.29 is 9.13 Å². The molecule has 5 heteroatoms. The van der Waals surface area contributed by atoms with Crippen LogP contribution in [0.25, 0.3) is 0 Å². The number of anilines is 2. The van der Waals surface area contributed by atoms with Crippen LogP contribution in [0.4, 0.5) is 15.8 Å². The Morgan fingerprint density at radius 3 is 2.48 bits per heavy atom. The van der Waals surface area contributed by atoms with Crippen LogP contribution in [-0.4, -0.2) is 51.3 Å². The number of rotatable bonds is 7. The predicted octanol–water partition coefficient (Wildman–Crippen LogP) is 3.46. The maximum atomic E-state index is 13.5. The van der Waals surface area contributed by atoms with E-state index in [0.717, 1.165) is 51.4 Å². The zero-order chi connectivity index (χ0) is 17.5. The third kappa shape index (κ3) is 4.63. The van der Waals surface area contributed by atoms with Crippen molar-refractivity contribution in [2.75, 3.05) is 56.6 Å². The van der Waals surface area contributed by atoms with Gasteiger partial charge in [-0.3, -0.25) is 4.90 Å². The summed E-state index contributed by atoms with van der Waals surface area (Å²) < 4.78 is 19.0. The Morgan fingerprint density at radius 1 is 1.00 bits per heavy atom. The van der Waals surface area contributed by atoms with Gasteiger partial charge in [0, 0.05) is 32.7 Å². The number of para-hydroxylation sites is 3. The van der Waals surface area contributed by atoms with Gasteiger partial charge in [0.05, 0.1) is 18.5 Å². The molecule has 0 unspecified atom stereocenters. The summed E-state index contributed by atoms with van der Waals surface area (Å²) >= 11 is 0. The molecule has 2 aromatic rings. The van der Waals surface area contributed by atoms with Crippen molar-refractivity contribution >= 4 is 11.4 Å². The maximum Gasteiger partial charge on any atom is 0.146 e. The first-order valence-electron chi connectivity index (χ1n) is 8.86. The van der Waals surface area contributed by atoms with E-state index < -0.39 is 0 Å². The van der Waals surface area contributed by atoms with E-state index >= 15 is 0 Å². The van der Waals surface area contributed by atoms with E-state index in [4.69, 9.17) is 4.74 Å². The maximum absolute atomic E-state index is 13.5. The Kier molecular flexibility index (Phi) is 6.12. The third-order valence-corrected chi connectivity index (χ3v) is 4.64. The monoisotopic (exact) mass is 343 g/mol. The molecule has 0 bridgehead atoms. The molecule has 0 aliphatic carbocycles. The second-order valence-electron chi connectivity index (χ2n) is 6.26. The minimum Gasteiger partial charge on any atom is -0.495 e. The first-order valence-corrected chi connectivity index (χ1v) is 8.86. The highest BCUT2D eigenvalue weighted by atomic mass is 19.1. The zero-order valence-corrected chi connectivity index (χ0v) is 14.7. The number of nitrogens with one attached hydrogen (secondary N) is 1. The molecule has 134 valence electrons. The van der Waals surface area contributed by atoms with Gasteiger partial charge in [0.1, 0.15) is 11.6 Å². The second-order valence-corrected chi connectivity index (χ2v) is 6.26. The molecule has 3 rings (SSSR count). The number of halogens is 1. The average Bonchev–Trinajstić information content (AvgIpc) is 2.67. The van der Waals surface area contributed by atoms with Gasteiger partial charge in [0.2, 0.25) is 0 Å². The van der Waals surface area contributed by atoms with Gasteiger partial charge in [-0.15, -0.1) is 0 Å². The van der Waals surface area contributed by atoms with Crippen LogP contribution in [0.2, 0.25) is 0 Å². The summed E-state index contributed by atoms with van der Waals surface area (Å²) in [6.45, 7) is 5.90. The van der Waals surface area contributed by atoms with Crippen molar-refractivity contribution in [3.8, 4) is 5.75 Å². The molecule has 1 saturated heterocycles. The fraction of sp³-hybridized carbons (Fsp3) is 0.400. The molecular weight excluding hydrogens is 317 g/mol. The molecule has 1 aliphatic rings. The molecule has 4 nitrogen and oxygen atoms in total. The molecule has 1 aliphatic heterocycles. The summed E-state index contributed by atoms with van der Waals surface area (Å²) in [4.78, 5) is 4.85. The molecule has 0 amide bonds. The van der Waals surface area contributed by atoms with Crippen LogP contribution in [0.1, 0.15) is 6.42 Å². The number of piperazine rings is 1. The lowest BCUT2D eigenvalue weighted by Gasteiger charge is -2.36. The van der Waals surface area contributed by atoms with Gasteiger partial charge in [0.25, 0.3) is 0 Å². The largest absolute Gasteiger partial charge is 0.495 e. The van der Waals surface area contributed by atoms with Crippen molar-refractivity contribution in [2.45, 2.75) is 6.42 Å². The highest BCUT2D eigenvalue weighted by Crippen LogP contribution is 2.28. The number of hydrogen-bond donors (Lipinski definition) is 1. The summed E-state index contributed by atoms with van der Waals surface area (Å²) in [6, 6.07) is 15.0. The Hall–Kier alpha value is -2.27. The summed E-state index contributed by atoms with van der Waals surface area (Å²) in [7, 11) is 1.72. The van der Waals surface area contributed by atoms with Crippen molar-refractivity contribution in [1.29, 1.82) is 0 Å². The molecule has 0 spiro atoms. The van der Waals surface area contributed by atoms with Gasteiger partial charge in [-0.25, -0.2) is 4.39 Å². The molecule has 0 aromatic heterocycles. The predicted molar refractivity (Wildman–Crippen MR) is 101 cm³/mol. The standard InChI is InChI=1S/C20H26FN3O/c1-25-20-10-5-4-9-19(20)24-15-13-23(14-16-24)12-6-11-22-18-8-3-2-7-17(18)21/h2-5,7-10,22H,6,11-16H2,1H3. The van der Waals surface area contributed by atoms with Crippen LogP contribution in [0.5, 0.6) is 5.75 Å². The number of nitrogens with zero attached hydrogens (tertiary/aromatic N) is 2. The molecule has 1 fully saturated rings. The minimum atomic E-state index is -0.187. The highest BCUT2D eigenvalue weighted by molar-refractivity contribution is 5.58. The van der Waals surface area contributed by atoms with Gasteiger partial charge < -0.3 is 15.0 Å².